The van der Waals surface area contributed by atoms with Gasteiger partial charge in [0.2, 0.25) is 5.91 Å². The number of carbonyl (C=O) groups excluding carboxylic acids is 2. The minimum absolute atomic E-state index is 0.0777. The van der Waals surface area contributed by atoms with Crippen molar-refractivity contribution in [2.24, 2.45) is 0 Å². The van der Waals surface area contributed by atoms with Crippen LogP contribution in [0.25, 0.3) is 0 Å². The van der Waals surface area contributed by atoms with Crippen LogP contribution in [0.5, 0.6) is 0 Å². The number of halogens is 3. The van der Waals surface area contributed by atoms with Gasteiger partial charge in [-0.3, -0.25) is 9.69 Å². The van der Waals surface area contributed by atoms with Crippen LogP contribution >= 0.6 is 0 Å². The summed E-state index contributed by atoms with van der Waals surface area (Å²) in [6.07, 6.45) is -3.26. The molecule has 0 spiro atoms. The number of nitrogens with one attached hydrogen (secondary N) is 3. The number of anilines is 2. The maximum Gasteiger partial charge on any atom is 0.419 e. The van der Waals surface area contributed by atoms with Gasteiger partial charge in [0.1, 0.15) is 19.3 Å². The predicted octanol–water partition coefficient (Wildman–Crippen LogP) is 2.38. The second-order valence-corrected chi connectivity index (χ2v) is 6.83. The van der Waals surface area contributed by atoms with E-state index in [0.29, 0.717) is 37.7 Å². The number of aromatic amines is 1. The molecular formula is C20H23F3N5O2+. The predicted molar refractivity (Wildman–Crippen MR) is 105 cm³/mol. The molecule has 30 heavy (non-hydrogen) atoms. The van der Waals surface area contributed by atoms with Crippen LogP contribution in [0.1, 0.15) is 12.0 Å². The van der Waals surface area contributed by atoms with Crippen LogP contribution in [0.2, 0.25) is 0 Å². The van der Waals surface area contributed by atoms with Crippen LogP contribution in [0.4, 0.5) is 29.5 Å². The van der Waals surface area contributed by atoms with Gasteiger partial charge >= 0.3 is 12.2 Å². The molecule has 1 fully saturated rings. The van der Waals surface area contributed by atoms with Crippen LogP contribution in [0.3, 0.4) is 0 Å². The third-order valence-electron chi connectivity index (χ3n) is 4.75. The summed E-state index contributed by atoms with van der Waals surface area (Å²) in [5, 5.41) is 5.33. The van der Waals surface area contributed by atoms with E-state index in [1.54, 1.807) is 29.2 Å². The Hall–Kier alpha value is -3.30. The number of aromatic nitrogens is 1. The van der Waals surface area contributed by atoms with E-state index in [4.69, 9.17) is 0 Å². The number of benzene rings is 1. The van der Waals surface area contributed by atoms with Crippen molar-refractivity contribution >= 4 is 23.4 Å². The van der Waals surface area contributed by atoms with Gasteiger partial charge in [-0.2, -0.15) is 13.2 Å². The van der Waals surface area contributed by atoms with Crippen LogP contribution in [0.15, 0.2) is 48.7 Å². The summed E-state index contributed by atoms with van der Waals surface area (Å²) in [6.45, 7) is 2.16. The largest absolute Gasteiger partial charge is 0.419 e. The lowest BCUT2D eigenvalue weighted by Gasteiger charge is -2.31. The molecule has 160 valence electrons. The maximum atomic E-state index is 12.7. The Kier molecular flexibility index (Phi) is 6.76. The van der Waals surface area contributed by atoms with Crippen LogP contribution in [-0.4, -0.2) is 49.6 Å². The van der Waals surface area contributed by atoms with Crippen molar-refractivity contribution in [2.45, 2.75) is 12.6 Å². The van der Waals surface area contributed by atoms with Gasteiger partial charge in [-0.1, -0.05) is 18.2 Å². The molecule has 3 rings (SSSR count). The normalized spacial score (nSPS) is 14.4. The number of alkyl halides is 3. The number of urea groups is 1. The van der Waals surface area contributed by atoms with Crippen molar-refractivity contribution < 1.29 is 27.7 Å². The Labute approximate surface area is 171 Å². The molecule has 1 aliphatic heterocycles. The second kappa shape index (κ2) is 9.47. The Morgan fingerprint density at radius 1 is 1.00 bits per heavy atom. The van der Waals surface area contributed by atoms with E-state index in [0.717, 1.165) is 12.3 Å². The van der Waals surface area contributed by atoms with E-state index < -0.39 is 11.7 Å². The van der Waals surface area contributed by atoms with Gasteiger partial charge in [-0.05, 0) is 18.2 Å². The van der Waals surface area contributed by atoms with Gasteiger partial charge in [0.05, 0.1) is 18.7 Å². The van der Waals surface area contributed by atoms with Crippen molar-refractivity contribution in [3.8, 4) is 0 Å². The topological polar surface area (TPSA) is 78.8 Å². The zero-order valence-corrected chi connectivity index (χ0v) is 16.2. The molecule has 1 saturated heterocycles. The number of carbonyl (C=O) groups is 2. The Bertz CT molecular complexity index is 851. The summed E-state index contributed by atoms with van der Waals surface area (Å²) in [5.41, 5.74) is -0.0682. The molecule has 0 aliphatic carbocycles. The first kappa shape index (κ1) is 21.4. The molecule has 1 aliphatic rings. The molecule has 7 nitrogen and oxygen atoms in total. The molecule has 1 aromatic heterocycles. The highest BCUT2D eigenvalue weighted by Crippen LogP contribution is 2.28. The van der Waals surface area contributed by atoms with E-state index in [9.17, 15) is 22.8 Å². The first-order valence-corrected chi connectivity index (χ1v) is 9.54. The highest BCUT2D eigenvalue weighted by Gasteiger charge is 2.33. The number of hydrogen-bond acceptors (Lipinski definition) is 3. The van der Waals surface area contributed by atoms with Gasteiger partial charge in [-0.25, -0.2) is 9.78 Å². The van der Waals surface area contributed by atoms with E-state index >= 15 is 0 Å². The zero-order valence-electron chi connectivity index (χ0n) is 16.2. The van der Waals surface area contributed by atoms with Crippen molar-refractivity contribution in [2.75, 3.05) is 42.9 Å². The second-order valence-electron chi connectivity index (χ2n) is 6.83. The van der Waals surface area contributed by atoms with Gasteiger partial charge in [0, 0.05) is 24.7 Å². The lowest BCUT2D eigenvalue weighted by molar-refractivity contribution is -0.367. The summed E-state index contributed by atoms with van der Waals surface area (Å²) in [4.78, 5) is 30.4. The van der Waals surface area contributed by atoms with Crippen LogP contribution < -0.4 is 20.5 Å². The van der Waals surface area contributed by atoms with E-state index in [-0.39, 0.29) is 24.9 Å². The van der Waals surface area contributed by atoms with Crippen LogP contribution in [0, 0.1) is 0 Å². The number of amides is 3. The summed E-state index contributed by atoms with van der Waals surface area (Å²) >= 11 is 0. The number of hydrogen-bond donors (Lipinski definition) is 2. The smallest absolute Gasteiger partial charge is 0.337 e. The van der Waals surface area contributed by atoms with Crippen molar-refractivity contribution in [3.63, 3.8) is 0 Å². The highest BCUT2D eigenvalue weighted by molar-refractivity contribution is 5.89. The first-order valence-electron chi connectivity index (χ1n) is 9.54. The molecule has 2 aromatic rings. The molecule has 0 atom stereocenters. The van der Waals surface area contributed by atoms with Gasteiger partial charge in [0.25, 0.3) is 5.82 Å². The summed E-state index contributed by atoms with van der Waals surface area (Å²) in [7, 11) is 0. The average Bonchev–Trinajstić information content (AvgIpc) is 2.74. The molecule has 10 heteroatoms. The Morgan fingerprint density at radius 3 is 2.30 bits per heavy atom. The zero-order chi connectivity index (χ0) is 21.6. The molecular weight excluding hydrogens is 399 g/mol. The van der Waals surface area contributed by atoms with Crippen molar-refractivity contribution in [1.29, 1.82) is 0 Å². The lowest BCUT2D eigenvalue weighted by Crippen LogP contribution is -2.50. The fraction of sp³-hybridized carbons (Fsp3) is 0.350. The lowest BCUT2D eigenvalue weighted by atomic mass is 10.2. The number of piperazine rings is 1. The molecule has 0 radical (unpaired) electrons. The minimum atomic E-state index is -4.38. The number of para-hydroxylation sites is 1. The maximum absolute atomic E-state index is 12.7. The Morgan fingerprint density at radius 2 is 1.70 bits per heavy atom. The number of nitrogens with zero attached hydrogens (tertiary/aromatic N) is 2. The minimum Gasteiger partial charge on any atom is -0.337 e. The molecule has 1 aromatic carbocycles. The standard InChI is InChI=1S/C20H22F3N5O2/c21-20(22,23)15-6-7-17(25-14-15)27-10-12-28(13-11-27)18(29)8-9-24-19(30)26-16-4-2-1-3-5-16/h1-7,14H,8-13H2,(H2,24,26,30)/p+1. The molecule has 0 saturated carbocycles. The molecule has 3 N–H and O–H groups in total. The first-order chi connectivity index (χ1) is 14.3. The quantitative estimate of drug-likeness (QED) is 0.777. The SMILES string of the molecule is O=C(NCCC(=O)N1CCN(c2ccc(C(F)(F)F)c[nH+]2)CC1)Nc1ccccc1. The molecule has 0 bridgehead atoms. The average molecular weight is 422 g/mol. The fourth-order valence-electron chi connectivity index (χ4n) is 3.12. The van der Waals surface area contributed by atoms with Crippen molar-refractivity contribution in [1.82, 2.24) is 10.2 Å². The molecule has 0 unspecified atom stereocenters. The summed E-state index contributed by atoms with van der Waals surface area (Å²) in [6, 6.07) is 11.0. The highest BCUT2D eigenvalue weighted by atomic mass is 19.4. The fourth-order valence-corrected chi connectivity index (χ4v) is 3.12. The van der Waals surface area contributed by atoms with E-state index in [1.807, 2.05) is 11.0 Å². The summed E-state index contributed by atoms with van der Waals surface area (Å²) < 4.78 is 38.0. The van der Waals surface area contributed by atoms with Gasteiger partial charge in [-0.15, -0.1) is 0 Å². The van der Waals surface area contributed by atoms with Gasteiger partial charge < -0.3 is 15.5 Å². The molecule has 2 heterocycles. The van der Waals surface area contributed by atoms with E-state index in [1.165, 1.54) is 6.07 Å². The van der Waals surface area contributed by atoms with Crippen molar-refractivity contribution in [3.05, 3.63) is 54.2 Å². The number of pyridine rings is 1. The Balaban J connectivity index is 1.39. The monoisotopic (exact) mass is 422 g/mol. The van der Waals surface area contributed by atoms with Gasteiger partial charge in [0.15, 0.2) is 0 Å². The van der Waals surface area contributed by atoms with Crippen LogP contribution in [-0.2, 0) is 11.0 Å². The third-order valence-corrected chi connectivity index (χ3v) is 4.75. The number of H-pyrrole nitrogens is 1. The summed E-state index contributed by atoms with van der Waals surface area (Å²) in [5.74, 6) is 0.500. The van der Waals surface area contributed by atoms with E-state index in [2.05, 4.69) is 15.6 Å². The molecule has 3 amide bonds. The third kappa shape index (κ3) is 5.85. The number of rotatable bonds is 5.